The van der Waals surface area contributed by atoms with Crippen LogP contribution in [0.15, 0.2) is 18.2 Å². The fourth-order valence-electron chi connectivity index (χ4n) is 4.69. The molecule has 0 spiro atoms. The summed E-state index contributed by atoms with van der Waals surface area (Å²) >= 11 is 0. The van der Waals surface area contributed by atoms with Crippen molar-refractivity contribution in [2.75, 3.05) is 13.2 Å². The summed E-state index contributed by atoms with van der Waals surface area (Å²) in [6.45, 7) is 0.766. The number of carbonyl (C=O) groups is 2. The smallest absolute Gasteiger partial charge is 0.344 e. The van der Waals surface area contributed by atoms with E-state index >= 15 is 0 Å². The van der Waals surface area contributed by atoms with E-state index in [-0.39, 0.29) is 24.7 Å². The van der Waals surface area contributed by atoms with Crippen LogP contribution >= 0.6 is 0 Å². The summed E-state index contributed by atoms with van der Waals surface area (Å²) in [6, 6.07) is 5.74. The summed E-state index contributed by atoms with van der Waals surface area (Å²) in [4.78, 5) is 22.1. The first kappa shape index (κ1) is 20.6. The van der Waals surface area contributed by atoms with Crippen molar-refractivity contribution < 1.29 is 34.4 Å². The number of benzene rings is 1. The average molecular weight is 392 g/mol. The van der Waals surface area contributed by atoms with Crippen LogP contribution in [0.25, 0.3) is 0 Å². The van der Waals surface area contributed by atoms with E-state index in [1.807, 2.05) is 6.07 Å². The molecule has 3 N–H and O–H groups in total. The summed E-state index contributed by atoms with van der Waals surface area (Å²) in [6.07, 6.45) is 3.18. The number of aliphatic carboxylic acids is 1. The van der Waals surface area contributed by atoms with Gasteiger partial charge in [0.1, 0.15) is 5.75 Å². The van der Waals surface area contributed by atoms with Crippen LogP contribution in [0.4, 0.5) is 0 Å². The van der Waals surface area contributed by atoms with Crippen molar-refractivity contribution in [2.45, 2.75) is 51.2 Å². The van der Waals surface area contributed by atoms with Gasteiger partial charge in [-0.1, -0.05) is 12.1 Å². The molecule has 1 aromatic rings. The van der Waals surface area contributed by atoms with E-state index in [1.54, 1.807) is 13.0 Å². The van der Waals surface area contributed by atoms with Gasteiger partial charge in [0.05, 0.1) is 12.2 Å². The van der Waals surface area contributed by atoms with Crippen molar-refractivity contribution in [2.24, 2.45) is 17.8 Å². The van der Waals surface area contributed by atoms with Gasteiger partial charge in [-0.3, -0.25) is 0 Å². The van der Waals surface area contributed by atoms with Gasteiger partial charge in [-0.15, -0.1) is 0 Å². The Bertz CT molecular complexity index is 715. The predicted octanol–water partition coefficient (Wildman–Crippen LogP) is 1.57. The van der Waals surface area contributed by atoms with Crippen molar-refractivity contribution in [1.29, 1.82) is 0 Å². The summed E-state index contributed by atoms with van der Waals surface area (Å²) in [5.41, 5.74) is 2.21. The van der Waals surface area contributed by atoms with Gasteiger partial charge < -0.3 is 24.8 Å². The maximum atomic E-state index is 11.6. The molecule has 7 nitrogen and oxygen atoms in total. The van der Waals surface area contributed by atoms with Crippen LogP contribution in [-0.4, -0.2) is 52.7 Å². The molecule has 28 heavy (non-hydrogen) atoms. The first-order valence-corrected chi connectivity index (χ1v) is 9.82. The predicted molar refractivity (Wildman–Crippen MR) is 99.9 cm³/mol. The zero-order chi connectivity index (χ0) is 20.3. The largest absolute Gasteiger partial charge is 0.482 e. The number of ether oxygens (including phenoxy) is 2. The van der Waals surface area contributed by atoms with Crippen LogP contribution < -0.4 is 4.74 Å². The molecule has 1 fully saturated rings. The van der Waals surface area contributed by atoms with Crippen LogP contribution in [0.5, 0.6) is 5.75 Å². The molecule has 2 aliphatic carbocycles. The van der Waals surface area contributed by atoms with Gasteiger partial charge in [-0.2, -0.15) is 0 Å². The minimum atomic E-state index is -1.21. The molecule has 1 saturated carbocycles. The first-order valence-electron chi connectivity index (χ1n) is 9.82. The Labute approximate surface area is 164 Å². The number of fused-ring (bicyclic) bond motifs is 2. The number of carboxylic acid groups (broad SMARTS) is 1. The van der Waals surface area contributed by atoms with E-state index < -0.39 is 18.5 Å². The Morgan fingerprint density at radius 3 is 2.75 bits per heavy atom. The number of rotatable bonds is 8. The van der Waals surface area contributed by atoms with Crippen LogP contribution in [-0.2, 0) is 27.2 Å². The quantitative estimate of drug-likeness (QED) is 0.576. The van der Waals surface area contributed by atoms with E-state index in [9.17, 15) is 19.8 Å². The highest BCUT2D eigenvalue weighted by molar-refractivity contribution is 5.76. The Kier molecular flexibility index (Phi) is 6.57. The molecule has 3 rings (SSSR count). The first-order chi connectivity index (χ1) is 13.3. The molecule has 5 atom stereocenters. The molecule has 0 heterocycles. The number of esters is 1. The van der Waals surface area contributed by atoms with Crippen molar-refractivity contribution >= 4 is 11.9 Å². The van der Waals surface area contributed by atoms with Crippen LogP contribution in [0.1, 0.15) is 37.3 Å². The highest BCUT2D eigenvalue weighted by Gasteiger charge is 2.44. The Morgan fingerprint density at radius 1 is 1.25 bits per heavy atom. The van der Waals surface area contributed by atoms with Crippen molar-refractivity contribution in [3.63, 3.8) is 0 Å². The molecule has 0 aliphatic heterocycles. The molecule has 154 valence electrons. The molecule has 0 radical (unpaired) electrons. The van der Waals surface area contributed by atoms with Crippen molar-refractivity contribution in [1.82, 2.24) is 0 Å². The number of carbonyl (C=O) groups excluding carboxylic acids is 1. The topological polar surface area (TPSA) is 113 Å². The normalized spacial score (nSPS) is 26.8. The lowest BCUT2D eigenvalue weighted by molar-refractivity contribution is -0.156. The van der Waals surface area contributed by atoms with E-state index in [0.717, 1.165) is 36.8 Å². The number of hydrogen-bond acceptors (Lipinski definition) is 6. The van der Waals surface area contributed by atoms with E-state index in [4.69, 9.17) is 9.84 Å². The Morgan fingerprint density at radius 2 is 2.04 bits per heavy atom. The van der Waals surface area contributed by atoms with E-state index in [0.29, 0.717) is 24.0 Å². The highest BCUT2D eigenvalue weighted by Crippen LogP contribution is 2.48. The van der Waals surface area contributed by atoms with Crippen LogP contribution in [0, 0.1) is 17.8 Å². The molecule has 7 heteroatoms. The number of carboxylic acids is 1. The van der Waals surface area contributed by atoms with E-state index in [2.05, 4.69) is 10.8 Å². The minimum Gasteiger partial charge on any atom is -0.482 e. The lowest BCUT2D eigenvalue weighted by Gasteiger charge is -2.32. The summed E-state index contributed by atoms with van der Waals surface area (Å²) in [5, 5.41) is 28.7. The molecule has 0 saturated heterocycles. The monoisotopic (exact) mass is 392 g/mol. The van der Waals surface area contributed by atoms with E-state index in [1.165, 1.54) is 0 Å². The van der Waals surface area contributed by atoms with Gasteiger partial charge in [0, 0.05) is 0 Å². The second-order valence-corrected chi connectivity index (χ2v) is 7.96. The molecular formula is C21H28O7. The van der Waals surface area contributed by atoms with Gasteiger partial charge in [0.2, 0.25) is 0 Å². The number of hydrogen-bond donors (Lipinski definition) is 3. The molecule has 2 aliphatic rings. The lowest BCUT2D eigenvalue weighted by atomic mass is 9.73. The zero-order valence-corrected chi connectivity index (χ0v) is 16.0. The standard InChI is InChI=1S/C21H28O7/c1-12(22)5-6-15-16-7-13-3-2-4-19(17(13)8-14(16)9-18(15)23)27-11-21(26)28-10-20(24)25/h2-4,12,14-16,18,22-23H,5-11H2,1H3,(H,24,25)/t12-,14-,15+,16-,18+/m0/s1. The van der Waals surface area contributed by atoms with Gasteiger partial charge >= 0.3 is 11.9 Å². The van der Waals surface area contributed by atoms with Crippen molar-refractivity contribution in [3.05, 3.63) is 29.3 Å². The molecular weight excluding hydrogens is 364 g/mol. The summed E-state index contributed by atoms with van der Waals surface area (Å²) in [7, 11) is 0. The minimum absolute atomic E-state index is 0.198. The van der Waals surface area contributed by atoms with Crippen LogP contribution in [0.3, 0.4) is 0 Å². The zero-order valence-electron chi connectivity index (χ0n) is 16.0. The van der Waals surface area contributed by atoms with Crippen molar-refractivity contribution in [3.8, 4) is 5.75 Å². The molecule has 0 amide bonds. The third-order valence-corrected chi connectivity index (χ3v) is 5.97. The average Bonchev–Trinajstić information content (AvgIpc) is 2.95. The van der Waals surface area contributed by atoms with Gasteiger partial charge in [-0.25, -0.2) is 9.59 Å². The molecule has 1 aromatic carbocycles. The van der Waals surface area contributed by atoms with Gasteiger partial charge in [0.15, 0.2) is 13.2 Å². The lowest BCUT2D eigenvalue weighted by Crippen LogP contribution is -2.28. The molecule has 0 aromatic heterocycles. The van der Waals surface area contributed by atoms with Gasteiger partial charge in [-0.05, 0) is 74.0 Å². The SMILES string of the molecule is C[C@H](O)CC[C@@H]1[C@H]2Cc3cccc(OCC(=O)OCC(=O)O)c3C[C@H]2C[C@H]1O. The summed E-state index contributed by atoms with van der Waals surface area (Å²) < 4.78 is 10.2. The Hall–Kier alpha value is -2.12. The molecule has 0 unspecified atom stereocenters. The fraction of sp³-hybridized carbons (Fsp3) is 0.619. The summed E-state index contributed by atoms with van der Waals surface area (Å²) in [5.74, 6) is -0.375. The number of aliphatic hydroxyl groups is 2. The second kappa shape index (κ2) is 8.92. The maximum Gasteiger partial charge on any atom is 0.344 e. The maximum absolute atomic E-state index is 11.6. The number of aliphatic hydroxyl groups excluding tert-OH is 2. The fourth-order valence-corrected chi connectivity index (χ4v) is 4.69. The second-order valence-electron chi connectivity index (χ2n) is 7.96. The third-order valence-electron chi connectivity index (χ3n) is 5.97. The van der Waals surface area contributed by atoms with Crippen LogP contribution in [0.2, 0.25) is 0 Å². The molecule has 0 bridgehead atoms. The highest BCUT2D eigenvalue weighted by atomic mass is 16.6. The third kappa shape index (κ3) is 4.83. The Balaban J connectivity index is 1.66. The van der Waals surface area contributed by atoms with Gasteiger partial charge in [0.25, 0.3) is 0 Å².